The summed E-state index contributed by atoms with van der Waals surface area (Å²) in [5.41, 5.74) is 2.16. The minimum atomic E-state index is 0.0155. The predicted octanol–water partition coefficient (Wildman–Crippen LogP) is 3.76. The molecule has 2 aromatic heterocycles. The fourth-order valence-corrected chi connectivity index (χ4v) is 3.32. The van der Waals surface area contributed by atoms with Crippen LogP contribution in [-0.4, -0.2) is 36.2 Å². The fourth-order valence-electron chi connectivity index (χ4n) is 2.69. The van der Waals surface area contributed by atoms with Gasteiger partial charge in [0.05, 0.1) is 0 Å². The standard InChI is InChI=1S/C20H24N4O2S/c1-24(17-7-3-2-4-8-17)13-6-5-12-21-18(25)9-10-19-22-20(23-26-19)16-11-14-27-15-16/h2-4,7-8,11,14-15H,5-6,9-10,12-13H2,1H3,(H,21,25). The molecule has 27 heavy (non-hydrogen) atoms. The van der Waals surface area contributed by atoms with E-state index >= 15 is 0 Å². The van der Waals surface area contributed by atoms with Gasteiger partial charge in [0.1, 0.15) is 0 Å². The van der Waals surface area contributed by atoms with Gasteiger partial charge < -0.3 is 14.7 Å². The lowest BCUT2D eigenvalue weighted by molar-refractivity contribution is -0.121. The van der Waals surface area contributed by atoms with Gasteiger partial charge in [-0.15, -0.1) is 0 Å². The zero-order chi connectivity index (χ0) is 18.9. The summed E-state index contributed by atoms with van der Waals surface area (Å²) in [6.45, 7) is 1.65. The van der Waals surface area contributed by atoms with Gasteiger partial charge in [-0.1, -0.05) is 23.4 Å². The van der Waals surface area contributed by atoms with Gasteiger partial charge in [0, 0.05) is 49.6 Å². The highest BCUT2D eigenvalue weighted by atomic mass is 32.1. The maximum absolute atomic E-state index is 12.0. The third kappa shape index (κ3) is 5.92. The molecule has 1 amide bonds. The van der Waals surface area contributed by atoms with Gasteiger partial charge in [0.25, 0.3) is 0 Å². The first kappa shape index (κ1) is 19.1. The van der Waals surface area contributed by atoms with E-state index in [4.69, 9.17) is 4.52 Å². The number of unbranched alkanes of at least 4 members (excludes halogenated alkanes) is 1. The Morgan fingerprint density at radius 3 is 2.85 bits per heavy atom. The first-order chi connectivity index (χ1) is 13.2. The summed E-state index contributed by atoms with van der Waals surface area (Å²) >= 11 is 1.59. The smallest absolute Gasteiger partial charge is 0.227 e. The fraction of sp³-hybridized carbons (Fsp3) is 0.350. The van der Waals surface area contributed by atoms with E-state index in [1.165, 1.54) is 5.69 Å². The largest absolute Gasteiger partial charge is 0.375 e. The molecule has 0 aliphatic carbocycles. The number of hydrogen-bond acceptors (Lipinski definition) is 6. The summed E-state index contributed by atoms with van der Waals surface area (Å²) in [7, 11) is 2.09. The van der Waals surface area contributed by atoms with Gasteiger partial charge in [0.2, 0.25) is 17.6 Å². The van der Waals surface area contributed by atoms with Gasteiger partial charge in [-0.05, 0) is 36.4 Å². The topological polar surface area (TPSA) is 71.3 Å². The van der Waals surface area contributed by atoms with Gasteiger partial charge in [-0.2, -0.15) is 16.3 Å². The predicted molar refractivity (Wildman–Crippen MR) is 108 cm³/mol. The third-order valence-electron chi connectivity index (χ3n) is 4.25. The van der Waals surface area contributed by atoms with Crippen LogP contribution in [0.1, 0.15) is 25.2 Å². The van der Waals surface area contributed by atoms with Gasteiger partial charge in [0.15, 0.2) is 0 Å². The molecule has 0 atom stereocenters. The Hall–Kier alpha value is -2.67. The lowest BCUT2D eigenvalue weighted by Crippen LogP contribution is -2.26. The molecule has 0 spiro atoms. The molecule has 1 N–H and O–H groups in total. The second-order valence-electron chi connectivity index (χ2n) is 6.34. The molecule has 0 bridgehead atoms. The van der Waals surface area contributed by atoms with E-state index < -0.39 is 0 Å². The molecule has 0 saturated heterocycles. The first-order valence-corrected chi connectivity index (χ1v) is 10.0. The third-order valence-corrected chi connectivity index (χ3v) is 4.94. The molecule has 142 valence electrons. The number of carbonyl (C=O) groups excluding carboxylic acids is 1. The van der Waals surface area contributed by atoms with Crippen LogP contribution in [0.15, 0.2) is 51.7 Å². The normalized spacial score (nSPS) is 10.7. The van der Waals surface area contributed by atoms with Crippen molar-refractivity contribution in [1.29, 1.82) is 0 Å². The average molecular weight is 385 g/mol. The first-order valence-electron chi connectivity index (χ1n) is 9.10. The van der Waals surface area contributed by atoms with Crippen LogP contribution in [0.4, 0.5) is 5.69 Å². The minimum absolute atomic E-state index is 0.0155. The van der Waals surface area contributed by atoms with Crippen molar-refractivity contribution in [2.24, 2.45) is 0 Å². The lowest BCUT2D eigenvalue weighted by Gasteiger charge is -2.19. The molecule has 1 aromatic carbocycles. The summed E-state index contributed by atoms with van der Waals surface area (Å²) in [5, 5.41) is 10.8. The van der Waals surface area contributed by atoms with Crippen LogP contribution in [0.2, 0.25) is 0 Å². The molecule has 0 fully saturated rings. The van der Waals surface area contributed by atoms with Crippen LogP contribution in [0, 0.1) is 0 Å². The molecular weight excluding hydrogens is 360 g/mol. The average Bonchev–Trinajstić information content (AvgIpc) is 3.38. The van der Waals surface area contributed by atoms with Crippen molar-refractivity contribution in [3.05, 3.63) is 53.0 Å². The van der Waals surface area contributed by atoms with E-state index in [0.717, 1.165) is 24.9 Å². The van der Waals surface area contributed by atoms with Crippen molar-refractivity contribution in [3.8, 4) is 11.4 Å². The maximum Gasteiger partial charge on any atom is 0.227 e. The van der Waals surface area contributed by atoms with Crippen LogP contribution < -0.4 is 10.2 Å². The number of aromatic nitrogens is 2. The van der Waals surface area contributed by atoms with Crippen LogP contribution in [0.25, 0.3) is 11.4 Å². The zero-order valence-corrected chi connectivity index (χ0v) is 16.2. The summed E-state index contributed by atoms with van der Waals surface area (Å²) in [6, 6.07) is 12.2. The zero-order valence-electron chi connectivity index (χ0n) is 15.4. The van der Waals surface area contributed by atoms with E-state index in [1.807, 2.05) is 35.0 Å². The highest BCUT2D eigenvalue weighted by Crippen LogP contribution is 2.19. The van der Waals surface area contributed by atoms with Crippen LogP contribution >= 0.6 is 11.3 Å². The van der Waals surface area contributed by atoms with Gasteiger partial charge in [-0.3, -0.25) is 4.79 Å². The van der Waals surface area contributed by atoms with E-state index in [-0.39, 0.29) is 5.91 Å². The number of thiophene rings is 1. The van der Waals surface area contributed by atoms with Gasteiger partial charge >= 0.3 is 0 Å². The number of rotatable bonds is 10. The Morgan fingerprint density at radius 1 is 1.22 bits per heavy atom. The van der Waals surface area contributed by atoms with E-state index in [1.54, 1.807) is 11.3 Å². The van der Waals surface area contributed by atoms with Gasteiger partial charge in [-0.25, -0.2) is 0 Å². The van der Waals surface area contributed by atoms with Crippen molar-refractivity contribution in [1.82, 2.24) is 15.5 Å². The minimum Gasteiger partial charge on any atom is -0.375 e. The summed E-state index contributed by atoms with van der Waals surface area (Å²) in [5.74, 6) is 1.09. The molecule has 0 unspecified atom stereocenters. The Morgan fingerprint density at radius 2 is 2.07 bits per heavy atom. The summed E-state index contributed by atoms with van der Waals surface area (Å²) in [4.78, 5) is 18.5. The second kappa shape index (κ2) is 9.87. The van der Waals surface area contributed by atoms with E-state index in [9.17, 15) is 4.79 Å². The second-order valence-corrected chi connectivity index (χ2v) is 7.12. The molecule has 3 rings (SSSR count). The quantitative estimate of drug-likeness (QED) is 0.539. The molecule has 7 heteroatoms. The van der Waals surface area contributed by atoms with Crippen molar-refractivity contribution in [2.75, 3.05) is 25.0 Å². The summed E-state index contributed by atoms with van der Waals surface area (Å²) < 4.78 is 5.21. The number of nitrogens with one attached hydrogen (secondary N) is 1. The van der Waals surface area contributed by atoms with Crippen molar-refractivity contribution in [3.63, 3.8) is 0 Å². The number of para-hydroxylation sites is 1. The maximum atomic E-state index is 12.0. The monoisotopic (exact) mass is 384 g/mol. The van der Waals surface area contributed by atoms with Crippen LogP contribution in [0.3, 0.4) is 0 Å². The number of nitrogens with zero attached hydrogens (tertiary/aromatic N) is 3. The number of benzene rings is 1. The summed E-state index contributed by atoms with van der Waals surface area (Å²) in [6.07, 6.45) is 2.79. The Balaban J connectivity index is 1.29. The molecule has 3 aromatic rings. The number of carbonyl (C=O) groups is 1. The Labute approximate surface area is 163 Å². The Bertz CT molecular complexity index is 818. The highest BCUT2D eigenvalue weighted by molar-refractivity contribution is 7.08. The van der Waals surface area contributed by atoms with Crippen molar-refractivity contribution in [2.45, 2.75) is 25.7 Å². The van der Waals surface area contributed by atoms with Crippen molar-refractivity contribution < 1.29 is 9.32 Å². The molecule has 0 aliphatic rings. The lowest BCUT2D eigenvalue weighted by atomic mass is 10.2. The number of aryl methyl sites for hydroxylation is 1. The molecule has 6 nitrogen and oxygen atoms in total. The molecule has 0 saturated carbocycles. The van der Waals surface area contributed by atoms with E-state index in [2.05, 4.69) is 39.5 Å². The van der Waals surface area contributed by atoms with Crippen molar-refractivity contribution >= 4 is 22.9 Å². The molecular formula is C20H24N4O2S. The van der Waals surface area contributed by atoms with Crippen LogP contribution in [-0.2, 0) is 11.2 Å². The SMILES string of the molecule is CN(CCCCNC(=O)CCc1nc(-c2ccsc2)no1)c1ccccc1. The highest BCUT2D eigenvalue weighted by Gasteiger charge is 2.10. The molecule has 2 heterocycles. The molecule has 0 aliphatic heterocycles. The van der Waals surface area contributed by atoms with E-state index in [0.29, 0.717) is 31.1 Å². The Kier molecular flexibility index (Phi) is 6.98. The van der Waals surface area contributed by atoms with Crippen LogP contribution in [0.5, 0.6) is 0 Å². The molecule has 0 radical (unpaired) electrons. The number of amides is 1. The number of anilines is 1. The number of hydrogen-bond donors (Lipinski definition) is 1.